The zero-order chi connectivity index (χ0) is 23.1. The van der Waals surface area contributed by atoms with Gasteiger partial charge in [0.2, 0.25) is 0 Å². The number of aromatic nitrogens is 2. The van der Waals surface area contributed by atoms with Gasteiger partial charge in [0.1, 0.15) is 11.6 Å². The van der Waals surface area contributed by atoms with Crippen molar-refractivity contribution in [3.63, 3.8) is 0 Å². The Morgan fingerprint density at radius 2 is 2.03 bits per heavy atom. The number of hydrogen-bond acceptors (Lipinski definition) is 5. The highest BCUT2D eigenvalue weighted by Crippen LogP contribution is 2.41. The van der Waals surface area contributed by atoms with Crippen molar-refractivity contribution in [1.82, 2.24) is 14.5 Å². The van der Waals surface area contributed by atoms with Crippen molar-refractivity contribution in [2.24, 2.45) is 0 Å². The van der Waals surface area contributed by atoms with Crippen LogP contribution in [-0.4, -0.2) is 57.9 Å². The van der Waals surface area contributed by atoms with Gasteiger partial charge in [0.15, 0.2) is 0 Å². The van der Waals surface area contributed by atoms with Gasteiger partial charge in [-0.1, -0.05) is 0 Å². The van der Waals surface area contributed by atoms with Crippen LogP contribution in [0.5, 0.6) is 5.75 Å². The Balaban J connectivity index is 1.49. The van der Waals surface area contributed by atoms with Gasteiger partial charge >= 0.3 is 6.61 Å². The van der Waals surface area contributed by atoms with Crippen LogP contribution >= 0.6 is 0 Å². The average molecular weight is 460 g/mol. The van der Waals surface area contributed by atoms with Crippen LogP contribution in [0.2, 0.25) is 0 Å². The van der Waals surface area contributed by atoms with E-state index in [0.29, 0.717) is 42.6 Å². The van der Waals surface area contributed by atoms with E-state index in [-0.39, 0.29) is 24.2 Å². The molecule has 10 heteroatoms. The summed E-state index contributed by atoms with van der Waals surface area (Å²) in [5.41, 5.74) is 2.17. The molecule has 2 aliphatic heterocycles. The van der Waals surface area contributed by atoms with Crippen LogP contribution in [0.1, 0.15) is 41.2 Å². The molecule has 4 heterocycles. The molecule has 0 radical (unpaired) electrons. The lowest BCUT2D eigenvalue weighted by Gasteiger charge is -2.28. The Morgan fingerprint density at radius 1 is 1.18 bits per heavy atom. The molecule has 0 saturated carbocycles. The SMILES string of the molecule is O=C(c1cnn2ccc(N3CCC[C@@H]3c3cc(F)ccc3OC(F)F)cc12)N1CC[C@H](O)C1. The highest BCUT2D eigenvalue weighted by Gasteiger charge is 2.31. The van der Waals surface area contributed by atoms with Crippen molar-refractivity contribution in [3.05, 3.63) is 59.7 Å². The number of carbonyl (C=O) groups excluding carboxylic acids is 1. The first-order valence-corrected chi connectivity index (χ1v) is 10.9. The second-order valence-electron chi connectivity index (χ2n) is 8.38. The van der Waals surface area contributed by atoms with E-state index in [1.54, 1.807) is 15.6 Å². The Labute approximate surface area is 188 Å². The summed E-state index contributed by atoms with van der Waals surface area (Å²) in [7, 11) is 0. The van der Waals surface area contributed by atoms with Crippen molar-refractivity contribution in [2.75, 3.05) is 24.5 Å². The first-order valence-electron chi connectivity index (χ1n) is 10.9. The fourth-order valence-corrected chi connectivity index (χ4v) is 4.79. The smallest absolute Gasteiger partial charge is 0.387 e. The molecule has 1 N–H and O–H groups in total. The quantitative estimate of drug-likeness (QED) is 0.630. The molecule has 174 valence electrons. The minimum absolute atomic E-state index is 0.0443. The highest BCUT2D eigenvalue weighted by atomic mass is 19.3. The average Bonchev–Trinajstić information content (AvgIpc) is 3.53. The van der Waals surface area contributed by atoms with E-state index >= 15 is 0 Å². The van der Waals surface area contributed by atoms with Gasteiger partial charge in [-0.25, -0.2) is 8.91 Å². The third kappa shape index (κ3) is 4.10. The number of hydrogen-bond donors (Lipinski definition) is 1. The molecule has 7 nitrogen and oxygen atoms in total. The summed E-state index contributed by atoms with van der Waals surface area (Å²) in [6, 6.07) is 6.89. The number of fused-ring (bicyclic) bond motifs is 1. The number of aliphatic hydroxyl groups is 1. The molecule has 2 atom stereocenters. The number of ether oxygens (including phenoxy) is 1. The maximum absolute atomic E-state index is 14.0. The van der Waals surface area contributed by atoms with Gasteiger partial charge in [-0.2, -0.15) is 13.9 Å². The van der Waals surface area contributed by atoms with Gasteiger partial charge in [-0.3, -0.25) is 4.79 Å². The first-order chi connectivity index (χ1) is 15.9. The summed E-state index contributed by atoms with van der Waals surface area (Å²) >= 11 is 0. The van der Waals surface area contributed by atoms with Crippen LogP contribution in [0.4, 0.5) is 18.9 Å². The van der Waals surface area contributed by atoms with Gasteiger partial charge in [-0.15, -0.1) is 0 Å². The van der Waals surface area contributed by atoms with Crippen LogP contribution in [0, 0.1) is 5.82 Å². The summed E-state index contributed by atoms with van der Waals surface area (Å²) in [5, 5.41) is 14.0. The molecule has 2 fully saturated rings. The molecular formula is C23H23F3N4O3. The third-order valence-corrected chi connectivity index (χ3v) is 6.32. The van der Waals surface area contributed by atoms with Crippen molar-refractivity contribution in [1.29, 1.82) is 0 Å². The second-order valence-corrected chi connectivity index (χ2v) is 8.38. The molecule has 2 saturated heterocycles. The summed E-state index contributed by atoms with van der Waals surface area (Å²) in [4.78, 5) is 16.6. The fourth-order valence-electron chi connectivity index (χ4n) is 4.79. The normalized spacial score (nSPS) is 20.9. The molecule has 1 aromatic carbocycles. The van der Waals surface area contributed by atoms with Gasteiger partial charge in [-0.05, 0) is 49.6 Å². The van der Waals surface area contributed by atoms with Crippen LogP contribution in [0.15, 0.2) is 42.7 Å². The number of amides is 1. The highest BCUT2D eigenvalue weighted by molar-refractivity contribution is 6.01. The first kappa shape index (κ1) is 21.6. The van der Waals surface area contributed by atoms with E-state index in [0.717, 1.165) is 18.2 Å². The number of nitrogens with zero attached hydrogens (tertiary/aromatic N) is 4. The van der Waals surface area contributed by atoms with Gasteiger partial charge in [0, 0.05) is 37.1 Å². The standard InChI is InChI=1S/C23H23F3N4O3/c24-14-3-4-21(33-23(25)26)17(10-14)19-2-1-7-29(19)15-5-9-30-20(11-15)18(12-27-30)22(32)28-8-6-16(31)13-28/h3-5,9-12,16,19,23,31H,1-2,6-8,13H2/t16-,19+/m0/s1. The lowest BCUT2D eigenvalue weighted by Crippen LogP contribution is -2.29. The van der Waals surface area contributed by atoms with Crippen molar-refractivity contribution in [3.8, 4) is 5.75 Å². The Bertz CT molecular complexity index is 1180. The van der Waals surface area contributed by atoms with E-state index in [4.69, 9.17) is 0 Å². The molecule has 0 bridgehead atoms. The monoisotopic (exact) mass is 460 g/mol. The predicted molar refractivity (Wildman–Crippen MR) is 114 cm³/mol. The largest absolute Gasteiger partial charge is 0.434 e. The number of anilines is 1. The van der Waals surface area contributed by atoms with Gasteiger partial charge < -0.3 is 19.6 Å². The van der Waals surface area contributed by atoms with Crippen molar-refractivity contribution in [2.45, 2.75) is 38.0 Å². The molecule has 0 aliphatic carbocycles. The molecule has 3 aromatic rings. The maximum atomic E-state index is 14.0. The Kier molecular flexibility index (Phi) is 5.61. The second kappa shape index (κ2) is 8.58. The minimum atomic E-state index is -3.01. The minimum Gasteiger partial charge on any atom is -0.434 e. The summed E-state index contributed by atoms with van der Waals surface area (Å²) < 4.78 is 46.1. The summed E-state index contributed by atoms with van der Waals surface area (Å²) in [6.45, 7) is -1.60. The van der Waals surface area contributed by atoms with Crippen molar-refractivity contribution >= 4 is 17.1 Å². The lowest BCUT2D eigenvalue weighted by atomic mass is 10.0. The number of likely N-dealkylation sites (tertiary alicyclic amines) is 1. The predicted octanol–water partition coefficient (Wildman–Crippen LogP) is 3.62. The molecule has 2 aliphatic rings. The molecule has 2 aromatic heterocycles. The Morgan fingerprint density at radius 3 is 2.79 bits per heavy atom. The number of β-amino-alcohol motifs (C(OH)–C–C–N with tert-alkyl or cyclic N) is 1. The number of pyridine rings is 1. The zero-order valence-corrected chi connectivity index (χ0v) is 17.7. The molecule has 5 rings (SSSR count). The van der Waals surface area contributed by atoms with E-state index in [9.17, 15) is 23.1 Å². The van der Waals surface area contributed by atoms with E-state index in [2.05, 4.69) is 9.84 Å². The van der Waals surface area contributed by atoms with Crippen LogP contribution in [-0.2, 0) is 0 Å². The maximum Gasteiger partial charge on any atom is 0.387 e. The van der Waals surface area contributed by atoms with Crippen LogP contribution < -0.4 is 9.64 Å². The third-order valence-electron chi connectivity index (χ3n) is 6.32. The zero-order valence-electron chi connectivity index (χ0n) is 17.7. The number of aliphatic hydroxyl groups excluding tert-OH is 1. The van der Waals surface area contributed by atoms with Gasteiger partial charge in [0.05, 0.1) is 29.4 Å². The number of halogens is 3. The molecule has 0 unspecified atom stereocenters. The van der Waals surface area contributed by atoms with E-state index in [1.165, 1.54) is 18.3 Å². The lowest BCUT2D eigenvalue weighted by molar-refractivity contribution is -0.0506. The molecular weight excluding hydrogens is 437 g/mol. The number of carbonyl (C=O) groups is 1. The van der Waals surface area contributed by atoms with E-state index in [1.807, 2.05) is 17.0 Å². The number of alkyl halides is 2. The molecule has 33 heavy (non-hydrogen) atoms. The summed E-state index contributed by atoms with van der Waals surface area (Å²) in [6.07, 6.45) is 4.70. The molecule has 0 spiro atoms. The fraction of sp³-hybridized carbons (Fsp3) is 0.391. The Hall–Kier alpha value is -3.27. The van der Waals surface area contributed by atoms with Crippen LogP contribution in [0.3, 0.4) is 0 Å². The number of benzene rings is 1. The van der Waals surface area contributed by atoms with Crippen LogP contribution in [0.25, 0.3) is 5.52 Å². The van der Waals surface area contributed by atoms with E-state index < -0.39 is 18.5 Å². The summed E-state index contributed by atoms with van der Waals surface area (Å²) in [5.74, 6) is -0.767. The topological polar surface area (TPSA) is 70.3 Å². The van der Waals surface area contributed by atoms with Crippen molar-refractivity contribution < 1.29 is 27.8 Å². The van der Waals surface area contributed by atoms with Gasteiger partial charge in [0.25, 0.3) is 5.91 Å². The number of rotatable bonds is 5. The molecule has 1 amide bonds.